The molecular weight excluding hydrogens is 198 g/mol. The van der Waals surface area contributed by atoms with Crippen LogP contribution in [-0.2, 0) is 16.1 Å². The van der Waals surface area contributed by atoms with Gasteiger partial charge in [0.15, 0.2) is 12.6 Å². The third-order valence-electron chi connectivity index (χ3n) is 2.31. The molecule has 0 aromatic carbocycles. The predicted octanol–water partition coefficient (Wildman–Crippen LogP) is 0.660. The van der Waals surface area contributed by atoms with E-state index < -0.39 is 0 Å². The number of H-pyrrole nitrogens is 1. The number of carbonyl (C=O) groups is 1. The highest BCUT2D eigenvalue weighted by atomic mass is 16.7. The molecule has 1 aliphatic rings. The lowest BCUT2D eigenvalue weighted by Gasteiger charge is -2.22. The number of nitrogens with one attached hydrogen (secondary N) is 1. The zero-order valence-corrected chi connectivity index (χ0v) is 8.31. The van der Waals surface area contributed by atoms with Crippen molar-refractivity contribution in [2.75, 3.05) is 6.61 Å². The number of hydrogen-bond acceptors (Lipinski definition) is 5. The van der Waals surface area contributed by atoms with Crippen molar-refractivity contribution in [3.63, 3.8) is 0 Å². The van der Waals surface area contributed by atoms with Crippen molar-refractivity contribution in [2.24, 2.45) is 0 Å². The zero-order valence-electron chi connectivity index (χ0n) is 8.31. The molecule has 1 atom stereocenters. The number of rotatable bonds is 4. The van der Waals surface area contributed by atoms with Crippen LogP contribution in [0, 0.1) is 0 Å². The van der Waals surface area contributed by atoms with Crippen molar-refractivity contribution in [3.8, 4) is 0 Å². The maximum atomic E-state index is 10.5. The van der Waals surface area contributed by atoms with Gasteiger partial charge in [-0.05, 0) is 19.3 Å². The maximum Gasteiger partial charge on any atom is 0.169 e. The summed E-state index contributed by atoms with van der Waals surface area (Å²) >= 11 is 0. The van der Waals surface area contributed by atoms with Crippen molar-refractivity contribution in [2.45, 2.75) is 32.2 Å². The van der Waals surface area contributed by atoms with E-state index >= 15 is 0 Å². The molecule has 6 nitrogen and oxygen atoms in total. The molecule has 15 heavy (non-hydrogen) atoms. The molecule has 1 aromatic heterocycles. The molecule has 0 spiro atoms. The number of ether oxygens (including phenoxy) is 2. The topological polar surface area (TPSA) is 77.1 Å². The van der Waals surface area contributed by atoms with Crippen LogP contribution < -0.4 is 0 Å². The third kappa shape index (κ3) is 2.60. The van der Waals surface area contributed by atoms with Gasteiger partial charge in [-0.1, -0.05) is 5.21 Å². The minimum Gasteiger partial charge on any atom is -0.353 e. The lowest BCUT2D eigenvalue weighted by molar-refractivity contribution is -0.169. The Morgan fingerprint density at radius 2 is 2.53 bits per heavy atom. The van der Waals surface area contributed by atoms with Gasteiger partial charge in [-0.3, -0.25) is 9.89 Å². The lowest BCUT2D eigenvalue weighted by Crippen LogP contribution is -2.22. The first-order chi connectivity index (χ1) is 7.40. The Bertz CT molecular complexity index is 320. The summed E-state index contributed by atoms with van der Waals surface area (Å²) in [5, 5.41) is 9.78. The van der Waals surface area contributed by atoms with E-state index in [2.05, 4.69) is 15.4 Å². The summed E-state index contributed by atoms with van der Waals surface area (Å²) in [5.41, 5.74) is 0.894. The predicted molar refractivity (Wildman–Crippen MR) is 50.2 cm³/mol. The van der Waals surface area contributed by atoms with Gasteiger partial charge in [0, 0.05) is 6.61 Å². The van der Waals surface area contributed by atoms with E-state index in [1.807, 2.05) is 0 Å². The summed E-state index contributed by atoms with van der Waals surface area (Å²) in [4.78, 5) is 10.5. The highest BCUT2D eigenvalue weighted by molar-refractivity contribution is 5.72. The van der Waals surface area contributed by atoms with Crippen LogP contribution in [0.25, 0.3) is 0 Å². The molecule has 2 heterocycles. The summed E-state index contributed by atoms with van der Waals surface area (Å²) in [6.07, 6.45) is 3.61. The highest BCUT2D eigenvalue weighted by Crippen LogP contribution is 2.15. The molecule has 0 bridgehead atoms. The molecular formula is C9H13N3O3. The second kappa shape index (κ2) is 4.99. The Balaban J connectivity index is 1.84. The van der Waals surface area contributed by atoms with Crippen LogP contribution >= 0.6 is 0 Å². The first-order valence-corrected chi connectivity index (χ1v) is 4.98. The Morgan fingerprint density at radius 3 is 3.27 bits per heavy atom. The van der Waals surface area contributed by atoms with Crippen LogP contribution in [0.4, 0.5) is 0 Å². The monoisotopic (exact) mass is 211 g/mol. The minimum atomic E-state index is -0.171. The van der Waals surface area contributed by atoms with Crippen LogP contribution in [0.2, 0.25) is 0 Å². The Morgan fingerprint density at radius 1 is 1.60 bits per heavy atom. The first-order valence-electron chi connectivity index (χ1n) is 4.98. The van der Waals surface area contributed by atoms with Gasteiger partial charge in [0.2, 0.25) is 0 Å². The van der Waals surface area contributed by atoms with E-state index in [0.717, 1.165) is 25.9 Å². The van der Waals surface area contributed by atoms with Crippen molar-refractivity contribution in [1.29, 1.82) is 0 Å². The van der Waals surface area contributed by atoms with Gasteiger partial charge >= 0.3 is 0 Å². The molecule has 0 aliphatic carbocycles. The zero-order chi connectivity index (χ0) is 10.5. The van der Waals surface area contributed by atoms with E-state index in [1.54, 1.807) is 0 Å². The molecule has 1 aromatic rings. The van der Waals surface area contributed by atoms with E-state index in [4.69, 9.17) is 9.47 Å². The third-order valence-corrected chi connectivity index (χ3v) is 2.31. The Hall–Kier alpha value is -1.27. The van der Waals surface area contributed by atoms with E-state index in [-0.39, 0.29) is 12.9 Å². The van der Waals surface area contributed by atoms with Gasteiger partial charge in [0.05, 0.1) is 6.61 Å². The van der Waals surface area contributed by atoms with Gasteiger partial charge in [0.25, 0.3) is 0 Å². The molecule has 1 N–H and O–H groups in total. The number of aldehydes is 1. The molecule has 6 heteroatoms. The molecule has 82 valence electrons. The van der Waals surface area contributed by atoms with Crippen LogP contribution in [0.5, 0.6) is 0 Å². The highest BCUT2D eigenvalue weighted by Gasteiger charge is 2.15. The lowest BCUT2D eigenvalue weighted by atomic mass is 10.2. The van der Waals surface area contributed by atoms with Gasteiger partial charge in [-0.25, -0.2) is 0 Å². The van der Waals surface area contributed by atoms with Crippen LogP contribution in [0.3, 0.4) is 0 Å². The van der Waals surface area contributed by atoms with Crippen molar-refractivity contribution in [1.82, 2.24) is 15.4 Å². The summed E-state index contributed by atoms with van der Waals surface area (Å²) in [6.45, 7) is 0.999. The molecule has 0 radical (unpaired) electrons. The second-order valence-corrected chi connectivity index (χ2v) is 3.40. The summed E-state index contributed by atoms with van der Waals surface area (Å²) < 4.78 is 10.8. The molecule has 1 saturated heterocycles. The normalized spacial score (nSPS) is 21.5. The Labute approximate surface area is 87.0 Å². The number of nitrogens with zero attached hydrogens (tertiary/aromatic N) is 2. The van der Waals surface area contributed by atoms with E-state index in [0.29, 0.717) is 17.7 Å². The van der Waals surface area contributed by atoms with Gasteiger partial charge in [-0.2, -0.15) is 0 Å². The molecule has 0 saturated carbocycles. The number of carbonyl (C=O) groups excluding carboxylic acids is 1. The van der Waals surface area contributed by atoms with Gasteiger partial charge < -0.3 is 9.47 Å². The maximum absolute atomic E-state index is 10.5. The summed E-state index contributed by atoms with van der Waals surface area (Å²) in [6, 6.07) is 0. The fraction of sp³-hybridized carbons (Fsp3) is 0.667. The van der Waals surface area contributed by atoms with Crippen molar-refractivity contribution in [3.05, 3.63) is 11.4 Å². The fourth-order valence-electron chi connectivity index (χ4n) is 1.47. The fourth-order valence-corrected chi connectivity index (χ4v) is 1.47. The number of aromatic amines is 1. The molecule has 1 fully saturated rings. The van der Waals surface area contributed by atoms with Gasteiger partial charge in [0.1, 0.15) is 11.4 Å². The number of hydrogen-bond donors (Lipinski definition) is 1. The summed E-state index contributed by atoms with van der Waals surface area (Å²) in [7, 11) is 0. The van der Waals surface area contributed by atoms with Crippen LogP contribution in [0.1, 0.15) is 35.4 Å². The smallest absolute Gasteiger partial charge is 0.169 e. The van der Waals surface area contributed by atoms with Crippen molar-refractivity contribution >= 4 is 6.29 Å². The second-order valence-electron chi connectivity index (χ2n) is 3.40. The molecule has 2 rings (SSSR count). The SMILES string of the molecule is O=Cc1[nH]nnc1COC1CCCCO1. The average Bonchev–Trinajstić information content (AvgIpc) is 2.75. The standard InChI is InChI=1S/C9H13N3O3/c13-5-7-8(11-12-10-7)6-15-9-3-1-2-4-14-9/h5,9H,1-4,6H2,(H,10,11,12). The quantitative estimate of drug-likeness (QED) is 0.740. The van der Waals surface area contributed by atoms with Gasteiger partial charge in [-0.15, -0.1) is 5.10 Å². The molecule has 0 amide bonds. The molecule has 1 aliphatic heterocycles. The van der Waals surface area contributed by atoms with Crippen molar-refractivity contribution < 1.29 is 14.3 Å². The van der Waals surface area contributed by atoms with Crippen LogP contribution in [-0.4, -0.2) is 34.6 Å². The Kier molecular flexibility index (Phi) is 3.41. The minimum absolute atomic E-state index is 0.171. The average molecular weight is 211 g/mol. The van der Waals surface area contributed by atoms with E-state index in [1.165, 1.54) is 0 Å². The molecule has 1 unspecified atom stereocenters. The largest absolute Gasteiger partial charge is 0.353 e. The van der Waals surface area contributed by atoms with Crippen LogP contribution in [0.15, 0.2) is 0 Å². The first kappa shape index (κ1) is 10.3. The van der Waals surface area contributed by atoms with E-state index in [9.17, 15) is 4.79 Å². The number of aromatic nitrogens is 3. The summed E-state index contributed by atoms with van der Waals surface area (Å²) in [5.74, 6) is 0.